The monoisotopic (exact) mass is 224 g/mol. The van der Waals surface area contributed by atoms with E-state index in [4.69, 9.17) is 0 Å². The van der Waals surface area contributed by atoms with Crippen molar-refractivity contribution < 1.29 is 4.79 Å². The second kappa shape index (κ2) is 5.85. The van der Waals surface area contributed by atoms with E-state index in [9.17, 15) is 4.79 Å². The second-order valence-electron chi connectivity index (χ2n) is 5.24. The van der Waals surface area contributed by atoms with E-state index in [0.29, 0.717) is 0 Å². The lowest BCUT2D eigenvalue weighted by Crippen LogP contribution is -2.43. The Bertz CT molecular complexity index is 285. The Morgan fingerprint density at radius 2 is 1.81 bits per heavy atom. The van der Waals surface area contributed by atoms with Crippen molar-refractivity contribution in [1.29, 1.82) is 0 Å². The Kier molecular flexibility index (Phi) is 5.45. The quantitative estimate of drug-likeness (QED) is 0.684. The first-order valence-corrected chi connectivity index (χ1v) is 5.47. The van der Waals surface area contributed by atoms with Crippen molar-refractivity contribution in [3.63, 3.8) is 0 Å². The number of nitrogens with zero attached hydrogens (tertiary/aromatic N) is 2. The average Bonchev–Trinajstić information content (AvgIpc) is 1.98. The fourth-order valence-corrected chi connectivity index (χ4v) is 1.53. The minimum absolute atomic E-state index is 0.0122. The van der Waals surface area contributed by atoms with Crippen LogP contribution in [0.1, 0.15) is 27.7 Å². The van der Waals surface area contributed by atoms with Crippen molar-refractivity contribution in [2.75, 3.05) is 20.6 Å². The molecule has 0 fully saturated rings. The lowest BCUT2D eigenvalue weighted by atomic mass is 10.1. The smallest absolute Gasteiger partial charge is 0.250 e. The van der Waals surface area contributed by atoms with Crippen molar-refractivity contribution in [2.24, 2.45) is 0 Å². The molecule has 0 spiro atoms. The SMILES string of the molecule is C=C(C)N(C(=O)/C=C\CN(C)C)C(C)(C)C. The molecule has 0 aliphatic carbocycles. The molecule has 0 heterocycles. The summed E-state index contributed by atoms with van der Waals surface area (Å²) < 4.78 is 0. The van der Waals surface area contributed by atoms with E-state index >= 15 is 0 Å². The van der Waals surface area contributed by atoms with Crippen LogP contribution < -0.4 is 0 Å². The lowest BCUT2D eigenvalue weighted by Gasteiger charge is -2.35. The fourth-order valence-electron chi connectivity index (χ4n) is 1.53. The van der Waals surface area contributed by atoms with E-state index in [1.165, 1.54) is 0 Å². The molecule has 0 N–H and O–H groups in total. The molecule has 0 atom stereocenters. The third kappa shape index (κ3) is 5.12. The molecule has 0 rings (SSSR count). The van der Waals surface area contributed by atoms with E-state index in [1.54, 1.807) is 11.0 Å². The predicted molar refractivity (Wildman–Crippen MR) is 69.1 cm³/mol. The summed E-state index contributed by atoms with van der Waals surface area (Å²) in [7, 11) is 3.93. The fraction of sp³-hybridized carbons (Fsp3) is 0.615. The Morgan fingerprint density at radius 1 is 1.31 bits per heavy atom. The van der Waals surface area contributed by atoms with Gasteiger partial charge in [-0.3, -0.25) is 4.79 Å². The molecular formula is C13H24N2O. The van der Waals surface area contributed by atoms with Gasteiger partial charge in [-0.1, -0.05) is 12.7 Å². The third-order valence-electron chi connectivity index (χ3n) is 2.00. The molecule has 0 saturated carbocycles. The largest absolute Gasteiger partial charge is 0.308 e. The summed E-state index contributed by atoms with van der Waals surface area (Å²) in [5.74, 6) is -0.0122. The Labute approximate surface area is 99.4 Å². The minimum atomic E-state index is -0.231. The molecule has 0 unspecified atom stereocenters. The first-order chi connectivity index (χ1) is 7.16. The van der Waals surface area contributed by atoms with E-state index in [2.05, 4.69) is 6.58 Å². The minimum Gasteiger partial charge on any atom is -0.308 e. The zero-order valence-corrected chi connectivity index (χ0v) is 11.4. The molecule has 16 heavy (non-hydrogen) atoms. The van der Waals surface area contributed by atoms with Crippen LogP contribution in [0.4, 0.5) is 0 Å². The van der Waals surface area contributed by atoms with Crippen LogP contribution in [0.3, 0.4) is 0 Å². The van der Waals surface area contributed by atoms with Crippen LogP contribution in [-0.2, 0) is 4.79 Å². The maximum absolute atomic E-state index is 12.0. The van der Waals surface area contributed by atoms with Gasteiger partial charge in [-0.25, -0.2) is 0 Å². The summed E-state index contributed by atoms with van der Waals surface area (Å²) in [5.41, 5.74) is 0.540. The van der Waals surface area contributed by atoms with Crippen LogP contribution in [0.25, 0.3) is 0 Å². The van der Waals surface area contributed by atoms with Gasteiger partial charge >= 0.3 is 0 Å². The van der Waals surface area contributed by atoms with Gasteiger partial charge in [0.1, 0.15) is 0 Å². The molecule has 0 aromatic rings. The Balaban J connectivity index is 4.66. The van der Waals surface area contributed by atoms with Crippen molar-refractivity contribution >= 4 is 5.91 Å². The van der Waals surface area contributed by atoms with Crippen LogP contribution in [0, 0.1) is 0 Å². The molecule has 0 saturated heterocycles. The van der Waals surface area contributed by atoms with E-state index < -0.39 is 0 Å². The summed E-state index contributed by atoms with van der Waals surface area (Å²) >= 11 is 0. The van der Waals surface area contributed by atoms with Gasteiger partial charge < -0.3 is 9.80 Å². The highest BCUT2D eigenvalue weighted by atomic mass is 16.2. The molecule has 0 aromatic heterocycles. The maximum Gasteiger partial charge on any atom is 0.250 e. The Morgan fingerprint density at radius 3 is 2.12 bits per heavy atom. The number of hydrogen-bond acceptors (Lipinski definition) is 2. The molecule has 0 aliphatic rings. The van der Waals surface area contributed by atoms with Crippen molar-refractivity contribution in [3.8, 4) is 0 Å². The van der Waals surface area contributed by atoms with Crippen LogP contribution in [0.2, 0.25) is 0 Å². The standard InChI is InChI=1S/C13H24N2O/c1-11(2)15(13(3,4)5)12(16)9-8-10-14(6)7/h8-9H,1,10H2,2-7H3/b9-8-. The molecule has 0 radical (unpaired) electrons. The molecule has 3 nitrogen and oxygen atoms in total. The summed E-state index contributed by atoms with van der Waals surface area (Å²) in [6.07, 6.45) is 3.48. The number of carbonyl (C=O) groups is 1. The molecule has 3 heteroatoms. The first-order valence-electron chi connectivity index (χ1n) is 5.47. The van der Waals surface area contributed by atoms with Crippen molar-refractivity contribution in [1.82, 2.24) is 9.80 Å². The predicted octanol–water partition coefficient (Wildman–Crippen LogP) is 2.26. The van der Waals surface area contributed by atoms with Crippen LogP contribution in [0.15, 0.2) is 24.4 Å². The number of rotatable bonds is 4. The van der Waals surface area contributed by atoms with Gasteiger partial charge in [0.25, 0.3) is 5.91 Å². The highest BCUT2D eigenvalue weighted by molar-refractivity contribution is 5.89. The summed E-state index contributed by atoms with van der Waals surface area (Å²) in [6, 6.07) is 0. The van der Waals surface area contributed by atoms with E-state index in [0.717, 1.165) is 12.2 Å². The van der Waals surface area contributed by atoms with Gasteiger partial charge in [-0.2, -0.15) is 0 Å². The van der Waals surface area contributed by atoms with Crippen LogP contribution >= 0.6 is 0 Å². The van der Waals surface area contributed by atoms with E-state index in [-0.39, 0.29) is 11.4 Å². The summed E-state index contributed by atoms with van der Waals surface area (Å²) in [5, 5.41) is 0. The van der Waals surface area contributed by atoms with Gasteiger partial charge in [0, 0.05) is 23.9 Å². The highest BCUT2D eigenvalue weighted by Gasteiger charge is 2.25. The normalized spacial score (nSPS) is 12.2. The molecule has 0 bridgehead atoms. The van der Waals surface area contributed by atoms with Gasteiger partial charge in [-0.05, 0) is 41.8 Å². The van der Waals surface area contributed by atoms with Crippen molar-refractivity contribution in [3.05, 3.63) is 24.4 Å². The third-order valence-corrected chi connectivity index (χ3v) is 2.00. The number of amides is 1. The average molecular weight is 224 g/mol. The maximum atomic E-state index is 12.0. The number of hydrogen-bond donors (Lipinski definition) is 0. The van der Waals surface area contributed by atoms with Gasteiger partial charge in [0.05, 0.1) is 0 Å². The summed E-state index contributed by atoms with van der Waals surface area (Å²) in [6.45, 7) is 12.5. The van der Waals surface area contributed by atoms with Gasteiger partial charge in [0.15, 0.2) is 0 Å². The lowest BCUT2D eigenvalue weighted by molar-refractivity contribution is -0.127. The van der Waals surface area contributed by atoms with Gasteiger partial charge in [0.2, 0.25) is 0 Å². The molecular weight excluding hydrogens is 200 g/mol. The zero-order chi connectivity index (χ0) is 12.9. The Hall–Kier alpha value is -1.09. The van der Waals surface area contributed by atoms with Crippen molar-refractivity contribution in [2.45, 2.75) is 33.2 Å². The van der Waals surface area contributed by atoms with E-state index in [1.807, 2.05) is 52.8 Å². The molecule has 1 amide bonds. The highest BCUT2D eigenvalue weighted by Crippen LogP contribution is 2.18. The molecule has 0 aliphatic heterocycles. The second-order valence-corrected chi connectivity index (χ2v) is 5.24. The number of allylic oxidation sites excluding steroid dienone is 1. The zero-order valence-electron chi connectivity index (χ0n) is 11.4. The number of carbonyl (C=O) groups excluding carboxylic acids is 1. The van der Waals surface area contributed by atoms with Crippen LogP contribution in [-0.4, -0.2) is 41.9 Å². The molecule has 92 valence electrons. The molecule has 0 aromatic carbocycles. The first kappa shape index (κ1) is 14.9. The number of likely N-dealkylation sites (N-methyl/N-ethyl adjacent to an activating group) is 1. The van der Waals surface area contributed by atoms with Crippen LogP contribution in [0.5, 0.6) is 0 Å². The van der Waals surface area contributed by atoms with Gasteiger partial charge in [-0.15, -0.1) is 0 Å². The summed E-state index contributed by atoms with van der Waals surface area (Å²) in [4.78, 5) is 15.7. The topological polar surface area (TPSA) is 23.6 Å².